The summed E-state index contributed by atoms with van der Waals surface area (Å²) in [4.78, 5) is 7.15. The molecular formula is C22H35IN6O. The van der Waals surface area contributed by atoms with E-state index in [-0.39, 0.29) is 30.1 Å². The highest BCUT2D eigenvalue weighted by Gasteiger charge is 2.21. The molecule has 8 heteroatoms. The van der Waals surface area contributed by atoms with Gasteiger partial charge in [0, 0.05) is 38.9 Å². The molecule has 3 rings (SSSR count). The van der Waals surface area contributed by atoms with Crippen LogP contribution in [0.4, 0.5) is 5.69 Å². The van der Waals surface area contributed by atoms with Gasteiger partial charge in [0.2, 0.25) is 0 Å². The summed E-state index contributed by atoms with van der Waals surface area (Å²) < 4.78 is 7.84. The largest absolute Gasteiger partial charge is 0.489 e. The van der Waals surface area contributed by atoms with E-state index in [1.54, 1.807) is 0 Å². The van der Waals surface area contributed by atoms with E-state index < -0.39 is 0 Å². The Morgan fingerprint density at radius 2 is 2.10 bits per heavy atom. The minimum atomic E-state index is 0. The van der Waals surface area contributed by atoms with E-state index in [9.17, 15) is 0 Å². The lowest BCUT2D eigenvalue weighted by molar-refractivity contribution is 0.230. The zero-order chi connectivity index (χ0) is 20.6. The second-order valence-electron chi connectivity index (χ2n) is 7.76. The van der Waals surface area contributed by atoms with Gasteiger partial charge >= 0.3 is 0 Å². The van der Waals surface area contributed by atoms with E-state index in [1.165, 1.54) is 11.3 Å². The average Bonchev–Trinajstić information content (AvgIpc) is 3.15. The number of aryl methyl sites for hydroxylation is 2. The number of nitrogens with one attached hydrogen (secondary N) is 2. The minimum absolute atomic E-state index is 0. The number of guanidine groups is 1. The number of hydrogen-bond acceptors (Lipinski definition) is 4. The Balaban J connectivity index is 0.00000320. The fraction of sp³-hybridized carbons (Fsp3) is 0.545. The summed E-state index contributed by atoms with van der Waals surface area (Å²) in [5, 5.41) is 11.3. The van der Waals surface area contributed by atoms with Crippen LogP contribution in [0, 0.1) is 6.92 Å². The summed E-state index contributed by atoms with van der Waals surface area (Å²) in [5.41, 5.74) is 2.41. The van der Waals surface area contributed by atoms with Gasteiger partial charge in [0.05, 0.1) is 18.4 Å². The number of aliphatic imine (C=N–C) groups is 1. The normalized spacial score (nSPS) is 17.8. The average molecular weight is 526 g/mol. The van der Waals surface area contributed by atoms with Gasteiger partial charge in [-0.15, -0.1) is 24.0 Å². The smallest absolute Gasteiger partial charge is 0.191 e. The predicted octanol–water partition coefficient (Wildman–Crippen LogP) is 3.34. The molecule has 0 radical (unpaired) electrons. The van der Waals surface area contributed by atoms with Crippen LogP contribution >= 0.6 is 24.0 Å². The Hall–Kier alpha value is -1.97. The topological polar surface area (TPSA) is 66.7 Å². The van der Waals surface area contributed by atoms with Crippen molar-refractivity contribution in [3.8, 4) is 5.75 Å². The predicted molar refractivity (Wildman–Crippen MR) is 134 cm³/mol. The van der Waals surface area contributed by atoms with Crippen LogP contribution in [-0.4, -0.2) is 54.1 Å². The molecule has 1 aliphatic rings. The molecule has 1 aliphatic heterocycles. The molecule has 0 saturated carbocycles. The standard InChI is InChI=1S/C22H34N6O.HI/c1-5-23-22(24-13-18(3)29-21-10-8-17(2)9-11-21)26-19-7-6-12-28(15-19)20-14-25-27(4)16-20;/h8-11,14,16,18-19H,5-7,12-13,15H2,1-4H3,(H2,23,24,26);1H. The van der Waals surface area contributed by atoms with Gasteiger partial charge in [0.25, 0.3) is 0 Å². The zero-order valence-corrected chi connectivity index (χ0v) is 20.8. The second kappa shape index (κ2) is 12.0. The van der Waals surface area contributed by atoms with Gasteiger partial charge in [-0.3, -0.25) is 4.68 Å². The molecule has 1 fully saturated rings. The number of aromatic nitrogens is 2. The monoisotopic (exact) mass is 526 g/mol. The molecule has 166 valence electrons. The molecule has 2 atom stereocenters. The minimum Gasteiger partial charge on any atom is -0.489 e. The fourth-order valence-electron chi connectivity index (χ4n) is 3.52. The first-order valence-corrected chi connectivity index (χ1v) is 10.5. The fourth-order valence-corrected chi connectivity index (χ4v) is 3.52. The van der Waals surface area contributed by atoms with Gasteiger partial charge in [-0.2, -0.15) is 5.10 Å². The van der Waals surface area contributed by atoms with Crippen molar-refractivity contribution in [1.82, 2.24) is 20.4 Å². The van der Waals surface area contributed by atoms with E-state index in [1.807, 2.05) is 30.1 Å². The summed E-state index contributed by atoms with van der Waals surface area (Å²) in [6.45, 7) is 9.67. The van der Waals surface area contributed by atoms with Gasteiger partial charge in [-0.1, -0.05) is 17.7 Å². The summed E-state index contributed by atoms with van der Waals surface area (Å²) >= 11 is 0. The number of ether oxygens (including phenoxy) is 1. The van der Waals surface area contributed by atoms with Crippen LogP contribution in [0.15, 0.2) is 41.7 Å². The first-order valence-electron chi connectivity index (χ1n) is 10.5. The molecule has 2 aromatic rings. The van der Waals surface area contributed by atoms with Crippen LogP contribution in [0.25, 0.3) is 0 Å². The molecule has 0 spiro atoms. The number of rotatable bonds is 7. The molecule has 30 heavy (non-hydrogen) atoms. The summed E-state index contributed by atoms with van der Waals surface area (Å²) in [7, 11) is 1.96. The van der Waals surface area contributed by atoms with Crippen LogP contribution < -0.4 is 20.3 Å². The Morgan fingerprint density at radius 3 is 2.77 bits per heavy atom. The van der Waals surface area contributed by atoms with Crippen LogP contribution in [0.5, 0.6) is 5.75 Å². The van der Waals surface area contributed by atoms with Gasteiger partial charge in [-0.05, 0) is 45.7 Å². The molecule has 7 nitrogen and oxygen atoms in total. The quantitative estimate of drug-likeness (QED) is 0.329. The van der Waals surface area contributed by atoms with Crippen molar-refractivity contribution in [3.63, 3.8) is 0 Å². The van der Waals surface area contributed by atoms with Gasteiger partial charge in [-0.25, -0.2) is 4.99 Å². The van der Waals surface area contributed by atoms with Crippen LogP contribution in [0.1, 0.15) is 32.3 Å². The van der Waals surface area contributed by atoms with Crippen molar-refractivity contribution >= 4 is 35.6 Å². The highest BCUT2D eigenvalue weighted by molar-refractivity contribution is 14.0. The van der Waals surface area contributed by atoms with Gasteiger partial charge in [0.1, 0.15) is 11.9 Å². The molecule has 2 unspecified atom stereocenters. The number of benzene rings is 1. The summed E-state index contributed by atoms with van der Waals surface area (Å²) in [6, 6.07) is 8.50. The number of halogens is 1. The molecule has 2 N–H and O–H groups in total. The third-order valence-corrected chi connectivity index (χ3v) is 5.03. The highest BCUT2D eigenvalue weighted by atomic mass is 127. The lowest BCUT2D eigenvalue weighted by Gasteiger charge is -2.34. The van der Waals surface area contributed by atoms with Crippen molar-refractivity contribution in [2.24, 2.45) is 12.0 Å². The molecule has 1 aromatic heterocycles. The molecule has 0 bridgehead atoms. The first-order chi connectivity index (χ1) is 14.0. The van der Waals surface area contributed by atoms with Crippen molar-refractivity contribution < 1.29 is 4.74 Å². The van der Waals surface area contributed by atoms with E-state index in [2.05, 4.69) is 59.7 Å². The van der Waals surface area contributed by atoms with Crippen molar-refractivity contribution in [3.05, 3.63) is 42.2 Å². The third-order valence-electron chi connectivity index (χ3n) is 5.03. The zero-order valence-electron chi connectivity index (χ0n) is 18.5. The molecule has 1 saturated heterocycles. The molecular weight excluding hydrogens is 491 g/mol. The molecule has 1 aromatic carbocycles. The van der Waals surface area contributed by atoms with E-state index in [0.717, 1.165) is 44.2 Å². The number of anilines is 1. The Kier molecular flexibility index (Phi) is 9.74. The summed E-state index contributed by atoms with van der Waals surface area (Å²) in [6.07, 6.45) is 6.30. The van der Waals surface area contributed by atoms with Gasteiger partial charge < -0.3 is 20.3 Å². The maximum Gasteiger partial charge on any atom is 0.191 e. The van der Waals surface area contributed by atoms with Crippen molar-refractivity contribution in [2.75, 3.05) is 31.1 Å². The maximum atomic E-state index is 5.98. The summed E-state index contributed by atoms with van der Waals surface area (Å²) in [5.74, 6) is 1.74. The Bertz CT molecular complexity index is 791. The maximum absolute atomic E-state index is 5.98. The van der Waals surface area contributed by atoms with Crippen LogP contribution in [-0.2, 0) is 7.05 Å². The lowest BCUT2D eigenvalue weighted by atomic mass is 10.1. The molecule has 0 amide bonds. The van der Waals surface area contributed by atoms with Gasteiger partial charge in [0.15, 0.2) is 5.96 Å². The Morgan fingerprint density at radius 1 is 1.33 bits per heavy atom. The SMILES string of the molecule is CCNC(=NCC(C)Oc1ccc(C)cc1)NC1CCCN(c2cnn(C)c2)C1.I. The Labute approximate surface area is 197 Å². The van der Waals surface area contributed by atoms with Crippen molar-refractivity contribution in [1.29, 1.82) is 0 Å². The van der Waals surface area contributed by atoms with Crippen LogP contribution in [0.2, 0.25) is 0 Å². The molecule has 0 aliphatic carbocycles. The van der Waals surface area contributed by atoms with Crippen LogP contribution in [0.3, 0.4) is 0 Å². The number of hydrogen-bond donors (Lipinski definition) is 2. The lowest BCUT2D eigenvalue weighted by Crippen LogP contribution is -2.51. The van der Waals surface area contributed by atoms with E-state index in [4.69, 9.17) is 9.73 Å². The molecule has 2 heterocycles. The number of piperidine rings is 1. The highest BCUT2D eigenvalue weighted by Crippen LogP contribution is 2.19. The van der Waals surface area contributed by atoms with Crippen molar-refractivity contribution in [2.45, 2.75) is 45.8 Å². The second-order valence-corrected chi connectivity index (χ2v) is 7.76. The number of nitrogens with zero attached hydrogens (tertiary/aromatic N) is 4. The van der Waals surface area contributed by atoms with E-state index in [0.29, 0.717) is 12.6 Å². The first kappa shape index (κ1) is 24.3. The van der Waals surface area contributed by atoms with E-state index >= 15 is 0 Å². The third kappa shape index (κ3) is 7.37.